The van der Waals surface area contributed by atoms with Gasteiger partial charge in [0.05, 0.1) is 13.2 Å². The summed E-state index contributed by atoms with van der Waals surface area (Å²) in [5.41, 5.74) is 2.96. The fraction of sp³-hybridized carbons (Fsp3) is 0.316. The fourth-order valence-corrected chi connectivity index (χ4v) is 2.09. The molecule has 0 aliphatic rings. The summed E-state index contributed by atoms with van der Waals surface area (Å²) in [5, 5.41) is 12.1. The molecule has 2 aromatic carbocycles. The lowest BCUT2D eigenvalue weighted by molar-refractivity contribution is 0.102. The van der Waals surface area contributed by atoms with Crippen LogP contribution in [0.3, 0.4) is 0 Å². The number of carbonyl (C=O) groups excluding carboxylic acids is 1. The standard InChI is InChI=1S/C19H23NO3/c1-13(2)12-23-17-6-4-5-16(10-17)19(22)20-18-9-15(11-21)8-7-14(18)3/h4-10,13,21H,11-12H2,1-3H3,(H,20,22). The Labute approximate surface area is 137 Å². The van der Waals surface area contributed by atoms with Crippen LogP contribution in [0.1, 0.15) is 35.3 Å². The van der Waals surface area contributed by atoms with E-state index >= 15 is 0 Å². The monoisotopic (exact) mass is 313 g/mol. The summed E-state index contributed by atoms with van der Waals surface area (Å²) in [6.07, 6.45) is 0. The van der Waals surface area contributed by atoms with Gasteiger partial charge in [-0.1, -0.05) is 32.0 Å². The molecule has 0 heterocycles. The predicted octanol–water partition coefficient (Wildman–Crippen LogP) is 3.77. The van der Waals surface area contributed by atoms with Crippen molar-refractivity contribution in [2.75, 3.05) is 11.9 Å². The number of hydrogen-bond acceptors (Lipinski definition) is 3. The third kappa shape index (κ3) is 4.83. The molecular weight excluding hydrogens is 290 g/mol. The van der Waals surface area contributed by atoms with E-state index in [1.807, 2.05) is 31.2 Å². The van der Waals surface area contributed by atoms with Gasteiger partial charge in [-0.05, 0) is 48.2 Å². The van der Waals surface area contributed by atoms with E-state index in [9.17, 15) is 9.90 Å². The summed E-state index contributed by atoms with van der Waals surface area (Å²) in [6, 6.07) is 12.6. The molecule has 0 aliphatic carbocycles. The van der Waals surface area contributed by atoms with Crippen molar-refractivity contribution >= 4 is 11.6 Å². The first-order valence-corrected chi connectivity index (χ1v) is 7.74. The molecule has 122 valence electrons. The maximum absolute atomic E-state index is 12.4. The Morgan fingerprint density at radius 1 is 1.22 bits per heavy atom. The van der Waals surface area contributed by atoms with Crippen LogP contribution in [0.15, 0.2) is 42.5 Å². The Hall–Kier alpha value is -2.33. The number of aliphatic hydroxyl groups excluding tert-OH is 1. The summed E-state index contributed by atoms with van der Waals surface area (Å²) in [4.78, 5) is 12.4. The molecule has 23 heavy (non-hydrogen) atoms. The van der Waals surface area contributed by atoms with Crippen LogP contribution in [0.25, 0.3) is 0 Å². The average molecular weight is 313 g/mol. The smallest absolute Gasteiger partial charge is 0.255 e. The molecule has 1 amide bonds. The van der Waals surface area contributed by atoms with Crippen molar-refractivity contribution < 1.29 is 14.6 Å². The zero-order valence-electron chi connectivity index (χ0n) is 13.8. The Bertz CT molecular complexity index is 680. The number of anilines is 1. The van der Waals surface area contributed by atoms with Crippen molar-refractivity contribution in [2.45, 2.75) is 27.4 Å². The summed E-state index contributed by atoms with van der Waals surface area (Å²) < 4.78 is 5.66. The van der Waals surface area contributed by atoms with Crippen LogP contribution < -0.4 is 10.1 Å². The van der Waals surface area contributed by atoms with Crippen LogP contribution in [0.2, 0.25) is 0 Å². The third-order valence-corrected chi connectivity index (χ3v) is 3.41. The molecule has 0 bridgehead atoms. The number of aliphatic hydroxyl groups is 1. The number of ether oxygens (including phenoxy) is 1. The second kappa shape index (κ2) is 7.79. The molecule has 2 aromatic rings. The maximum atomic E-state index is 12.4. The van der Waals surface area contributed by atoms with Gasteiger partial charge in [0.15, 0.2) is 0 Å². The van der Waals surface area contributed by atoms with Crippen LogP contribution in [0.4, 0.5) is 5.69 Å². The predicted molar refractivity (Wildman–Crippen MR) is 91.8 cm³/mol. The molecule has 0 radical (unpaired) electrons. The zero-order valence-corrected chi connectivity index (χ0v) is 13.8. The van der Waals surface area contributed by atoms with Gasteiger partial charge in [-0.15, -0.1) is 0 Å². The summed E-state index contributed by atoms with van der Waals surface area (Å²) >= 11 is 0. The summed E-state index contributed by atoms with van der Waals surface area (Å²) in [6.45, 7) is 6.63. The Balaban J connectivity index is 2.13. The van der Waals surface area contributed by atoms with Gasteiger partial charge in [-0.25, -0.2) is 0 Å². The van der Waals surface area contributed by atoms with E-state index < -0.39 is 0 Å². The van der Waals surface area contributed by atoms with E-state index in [0.29, 0.717) is 29.5 Å². The van der Waals surface area contributed by atoms with E-state index in [1.54, 1.807) is 18.2 Å². The second-order valence-corrected chi connectivity index (χ2v) is 5.99. The second-order valence-electron chi connectivity index (χ2n) is 5.99. The molecule has 0 atom stereocenters. The third-order valence-electron chi connectivity index (χ3n) is 3.41. The maximum Gasteiger partial charge on any atom is 0.255 e. The van der Waals surface area contributed by atoms with Gasteiger partial charge < -0.3 is 15.2 Å². The number of carbonyl (C=O) groups is 1. The highest BCUT2D eigenvalue weighted by molar-refractivity contribution is 6.04. The Morgan fingerprint density at radius 3 is 2.70 bits per heavy atom. The van der Waals surface area contributed by atoms with Crippen molar-refractivity contribution in [3.05, 3.63) is 59.2 Å². The van der Waals surface area contributed by atoms with Crippen LogP contribution in [0, 0.1) is 12.8 Å². The van der Waals surface area contributed by atoms with Crippen LogP contribution >= 0.6 is 0 Å². The van der Waals surface area contributed by atoms with E-state index in [-0.39, 0.29) is 12.5 Å². The van der Waals surface area contributed by atoms with Gasteiger partial charge in [0.25, 0.3) is 5.91 Å². The highest BCUT2D eigenvalue weighted by atomic mass is 16.5. The first kappa shape index (κ1) is 17.0. The van der Waals surface area contributed by atoms with Gasteiger partial charge in [0, 0.05) is 11.3 Å². The topological polar surface area (TPSA) is 58.6 Å². The molecule has 0 saturated heterocycles. The van der Waals surface area contributed by atoms with Gasteiger partial charge in [0.2, 0.25) is 0 Å². The number of rotatable bonds is 6. The number of nitrogens with one attached hydrogen (secondary N) is 1. The number of amides is 1. The largest absolute Gasteiger partial charge is 0.493 e. The molecule has 0 fully saturated rings. The molecule has 0 aliphatic heterocycles. The Kier molecular flexibility index (Phi) is 5.77. The molecule has 4 heteroatoms. The van der Waals surface area contributed by atoms with E-state index in [2.05, 4.69) is 19.2 Å². The van der Waals surface area contributed by atoms with E-state index in [4.69, 9.17) is 4.74 Å². The molecule has 2 N–H and O–H groups in total. The minimum absolute atomic E-state index is 0.0539. The summed E-state index contributed by atoms with van der Waals surface area (Å²) in [5.74, 6) is 0.918. The van der Waals surface area contributed by atoms with Gasteiger partial charge in [0.1, 0.15) is 5.75 Å². The van der Waals surface area contributed by atoms with Crippen molar-refractivity contribution in [1.82, 2.24) is 0 Å². The number of hydrogen-bond donors (Lipinski definition) is 2. The molecule has 2 rings (SSSR count). The first-order chi connectivity index (χ1) is 11.0. The van der Waals surface area contributed by atoms with Crippen LogP contribution in [-0.2, 0) is 6.61 Å². The zero-order chi connectivity index (χ0) is 16.8. The lowest BCUT2D eigenvalue weighted by atomic mass is 10.1. The van der Waals surface area contributed by atoms with Crippen LogP contribution in [0.5, 0.6) is 5.75 Å². The normalized spacial score (nSPS) is 10.7. The van der Waals surface area contributed by atoms with Crippen molar-refractivity contribution in [3.8, 4) is 5.75 Å². The number of benzene rings is 2. The minimum Gasteiger partial charge on any atom is -0.493 e. The molecule has 0 spiro atoms. The van der Waals surface area contributed by atoms with Gasteiger partial charge in [-0.2, -0.15) is 0 Å². The minimum atomic E-state index is -0.196. The van der Waals surface area contributed by atoms with Gasteiger partial charge >= 0.3 is 0 Å². The van der Waals surface area contributed by atoms with Crippen molar-refractivity contribution in [3.63, 3.8) is 0 Å². The Morgan fingerprint density at radius 2 is 2.00 bits per heavy atom. The SMILES string of the molecule is Cc1ccc(CO)cc1NC(=O)c1cccc(OCC(C)C)c1. The number of aryl methyl sites for hydroxylation is 1. The van der Waals surface area contributed by atoms with Crippen molar-refractivity contribution in [1.29, 1.82) is 0 Å². The van der Waals surface area contributed by atoms with Crippen LogP contribution in [-0.4, -0.2) is 17.6 Å². The lowest BCUT2D eigenvalue weighted by Crippen LogP contribution is -2.13. The van der Waals surface area contributed by atoms with Crippen molar-refractivity contribution in [2.24, 2.45) is 5.92 Å². The molecular formula is C19H23NO3. The van der Waals surface area contributed by atoms with E-state index in [0.717, 1.165) is 11.1 Å². The molecule has 0 saturated carbocycles. The quantitative estimate of drug-likeness (QED) is 0.853. The highest BCUT2D eigenvalue weighted by Gasteiger charge is 2.10. The summed E-state index contributed by atoms with van der Waals surface area (Å²) in [7, 11) is 0. The lowest BCUT2D eigenvalue weighted by Gasteiger charge is -2.12. The van der Waals surface area contributed by atoms with E-state index in [1.165, 1.54) is 0 Å². The molecule has 4 nitrogen and oxygen atoms in total. The molecule has 0 unspecified atom stereocenters. The highest BCUT2D eigenvalue weighted by Crippen LogP contribution is 2.20. The first-order valence-electron chi connectivity index (χ1n) is 7.74. The fourth-order valence-electron chi connectivity index (χ4n) is 2.09. The van der Waals surface area contributed by atoms with Gasteiger partial charge in [-0.3, -0.25) is 4.79 Å². The molecule has 0 aromatic heterocycles. The average Bonchev–Trinajstić information content (AvgIpc) is 2.55.